The summed E-state index contributed by atoms with van der Waals surface area (Å²) in [4.78, 5) is 11.8. The van der Waals surface area contributed by atoms with Crippen LogP contribution < -0.4 is 0 Å². The van der Waals surface area contributed by atoms with Crippen molar-refractivity contribution in [3.05, 3.63) is 11.6 Å². The fraction of sp³-hybridized carbons (Fsp3) is 0.800. The van der Waals surface area contributed by atoms with Crippen molar-refractivity contribution in [3.8, 4) is 0 Å². The minimum atomic E-state index is -0.0681. The standard InChI is InChI=1S/C15H22O3/c1-9-5-4-8-15(3)13(18-15)12-11(7-6-9)10(2)14(16)17-12/h5,10-13H,4,6-8H2,1-3H3/t10-,11-,12-,13+,15+/m0/s1. The van der Waals surface area contributed by atoms with Gasteiger partial charge < -0.3 is 9.47 Å². The van der Waals surface area contributed by atoms with E-state index in [1.165, 1.54) is 5.57 Å². The Morgan fingerprint density at radius 3 is 3.00 bits per heavy atom. The molecule has 0 aromatic rings. The fourth-order valence-corrected chi connectivity index (χ4v) is 3.46. The summed E-state index contributed by atoms with van der Waals surface area (Å²) in [5, 5.41) is 0. The van der Waals surface area contributed by atoms with Gasteiger partial charge in [0.1, 0.15) is 12.2 Å². The number of esters is 1. The number of rotatable bonds is 0. The quantitative estimate of drug-likeness (QED) is 0.377. The van der Waals surface area contributed by atoms with Crippen molar-refractivity contribution in [1.29, 1.82) is 0 Å². The number of allylic oxidation sites excluding steroid dienone is 2. The van der Waals surface area contributed by atoms with E-state index in [4.69, 9.17) is 9.47 Å². The van der Waals surface area contributed by atoms with Gasteiger partial charge in [-0.2, -0.15) is 0 Å². The summed E-state index contributed by atoms with van der Waals surface area (Å²) in [6.07, 6.45) is 6.66. The van der Waals surface area contributed by atoms with Gasteiger partial charge in [0.15, 0.2) is 0 Å². The van der Waals surface area contributed by atoms with Crippen LogP contribution in [0.15, 0.2) is 11.6 Å². The van der Waals surface area contributed by atoms with Crippen LogP contribution in [0.1, 0.15) is 46.5 Å². The zero-order chi connectivity index (χ0) is 12.9. The number of epoxide rings is 1. The largest absolute Gasteiger partial charge is 0.459 e. The van der Waals surface area contributed by atoms with Crippen molar-refractivity contribution >= 4 is 5.97 Å². The SMILES string of the molecule is CC1=CCC[C@@]2(C)O[C@@H]2[C@H]2OC(=O)[C@@H](C)[C@@H]2CC1. The van der Waals surface area contributed by atoms with E-state index in [1.807, 2.05) is 6.92 Å². The Bertz CT molecular complexity index is 401. The summed E-state index contributed by atoms with van der Waals surface area (Å²) in [6, 6.07) is 0. The second-order valence-corrected chi connectivity index (χ2v) is 6.33. The molecule has 0 amide bonds. The third kappa shape index (κ3) is 1.89. The predicted molar refractivity (Wildman–Crippen MR) is 68.0 cm³/mol. The van der Waals surface area contributed by atoms with Crippen molar-refractivity contribution in [3.63, 3.8) is 0 Å². The summed E-state index contributed by atoms with van der Waals surface area (Å²) in [7, 11) is 0. The van der Waals surface area contributed by atoms with Crippen molar-refractivity contribution < 1.29 is 14.3 Å². The minimum Gasteiger partial charge on any atom is -0.459 e. The van der Waals surface area contributed by atoms with Gasteiger partial charge in [-0.1, -0.05) is 18.6 Å². The number of hydrogen-bond donors (Lipinski definition) is 0. The molecule has 0 aromatic carbocycles. The van der Waals surface area contributed by atoms with Crippen LogP contribution in [0, 0.1) is 11.8 Å². The van der Waals surface area contributed by atoms with Crippen LogP contribution in [0.5, 0.6) is 0 Å². The molecule has 3 nitrogen and oxygen atoms in total. The van der Waals surface area contributed by atoms with E-state index in [0.717, 1.165) is 25.7 Å². The highest BCUT2D eigenvalue weighted by Crippen LogP contribution is 2.50. The monoisotopic (exact) mass is 250 g/mol. The molecule has 2 fully saturated rings. The van der Waals surface area contributed by atoms with Crippen LogP contribution in [-0.4, -0.2) is 23.8 Å². The van der Waals surface area contributed by atoms with E-state index in [-0.39, 0.29) is 29.7 Å². The zero-order valence-corrected chi connectivity index (χ0v) is 11.4. The Kier molecular flexibility index (Phi) is 2.77. The number of hydrogen-bond acceptors (Lipinski definition) is 3. The Labute approximate surface area is 109 Å². The summed E-state index contributed by atoms with van der Waals surface area (Å²) in [5.74, 6) is 0.310. The highest BCUT2D eigenvalue weighted by molar-refractivity contribution is 5.75. The van der Waals surface area contributed by atoms with Gasteiger partial charge in [-0.3, -0.25) is 4.79 Å². The molecule has 0 saturated carbocycles. The summed E-state index contributed by atoms with van der Waals surface area (Å²) in [6.45, 7) is 6.33. The maximum absolute atomic E-state index is 11.8. The number of carbonyl (C=O) groups excluding carboxylic acids is 1. The Morgan fingerprint density at radius 1 is 1.44 bits per heavy atom. The first kappa shape index (κ1) is 12.2. The number of carbonyl (C=O) groups is 1. The molecule has 1 aliphatic carbocycles. The molecule has 2 heterocycles. The van der Waals surface area contributed by atoms with Crippen molar-refractivity contribution in [2.45, 2.75) is 64.3 Å². The molecule has 18 heavy (non-hydrogen) atoms. The van der Waals surface area contributed by atoms with Crippen LogP contribution in [0.4, 0.5) is 0 Å². The van der Waals surface area contributed by atoms with Gasteiger partial charge >= 0.3 is 5.97 Å². The smallest absolute Gasteiger partial charge is 0.309 e. The molecule has 3 aliphatic rings. The fourth-order valence-electron chi connectivity index (χ4n) is 3.46. The lowest BCUT2D eigenvalue weighted by atomic mass is 9.81. The second kappa shape index (κ2) is 4.09. The molecule has 2 saturated heterocycles. The molecule has 0 bridgehead atoms. The molecule has 5 atom stereocenters. The third-order valence-corrected chi connectivity index (χ3v) is 4.93. The van der Waals surface area contributed by atoms with E-state index < -0.39 is 0 Å². The Balaban J connectivity index is 1.85. The van der Waals surface area contributed by atoms with Crippen LogP contribution in [0.25, 0.3) is 0 Å². The normalized spacial score (nSPS) is 47.7. The molecule has 2 aliphatic heterocycles. The molecule has 3 heteroatoms. The molecular weight excluding hydrogens is 228 g/mol. The summed E-state index contributed by atoms with van der Waals surface area (Å²) in [5.41, 5.74) is 1.37. The predicted octanol–water partition coefficient (Wildman–Crippen LogP) is 2.84. The number of ether oxygens (including phenoxy) is 2. The zero-order valence-electron chi connectivity index (χ0n) is 11.4. The summed E-state index contributed by atoms with van der Waals surface area (Å²) < 4.78 is 11.5. The average molecular weight is 250 g/mol. The molecule has 0 unspecified atom stereocenters. The summed E-state index contributed by atoms with van der Waals surface area (Å²) >= 11 is 0. The van der Waals surface area contributed by atoms with Gasteiger partial charge in [0, 0.05) is 5.92 Å². The molecule has 0 radical (unpaired) electrons. The topological polar surface area (TPSA) is 38.8 Å². The van der Waals surface area contributed by atoms with Gasteiger partial charge in [0.2, 0.25) is 0 Å². The van der Waals surface area contributed by atoms with Crippen LogP contribution in [0.3, 0.4) is 0 Å². The highest BCUT2D eigenvalue weighted by Gasteiger charge is 2.61. The maximum atomic E-state index is 11.8. The molecule has 0 spiro atoms. The van der Waals surface area contributed by atoms with E-state index in [1.54, 1.807) is 0 Å². The third-order valence-electron chi connectivity index (χ3n) is 4.93. The van der Waals surface area contributed by atoms with Crippen molar-refractivity contribution in [2.24, 2.45) is 11.8 Å². The molecule has 100 valence electrons. The van der Waals surface area contributed by atoms with Gasteiger partial charge in [-0.25, -0.2) is 0 Å². The van der Waals surface area contributed by atoms with Crippen LogP contribution >= 0.6 is 0 Å². The first-order chi connectivity index (χ1) is 8.51. The van der Waals surface area contributed by atoms with Gasteiger partial charge in [-0.05, 0) is 39.5 Å². The van der Waals surface area contributed by atoms with Crippen molar-refractivity contribution in [1.82, 2.24) is 0 Å². The molecular formula is C15H22O3. The first-order valence-corrected chi connectivity index (χ1v) is 7.05. The first-order valence-electron chi connectivity index (χ1n) is 7.05. The average Bonchev–Trinajstić information content (AvgIpc) is 2.90. The maximum Gasteiger partial charge on any atom is 0.309 e. The van der Waals surface area contributed by atoms with E-state index in [0.29, 0.717) is 5.92 Å². The Hall–Kier alpha value is -0.830. The van der Waals surface area contributed by atoms with E-state index in [9.17, 15) is 4.79 Å². The van der Waals surface area contributed by atoms with Crippen LogP contribution in [-0.2, 0) is 14.3 Å². The molecule has 0 aromatic heterocycles. The van der Waals surface area contributed by atoms with Gasteiger partial charge in [0.25, 0.3) is 0 Å². The highest BCUT2D eigenvalue weighted by atomic mass is 16.6. The van der Waals surface area contributed by atoms with E-state index in [2.05, 4.69) is 19.9 Å². The minimum absolute atomic E-state index is 0.0107. The lowest BCUT2D eigenvalue weighted by molar-refractivity contribution is -0.144. The van der Waals surface area contributed by atoms with E-state index >= 15 is 0 Å². The van der Waals surface area contributed by atoms with Crippen molar-refractivity contribution in [2.75, 3.05) is 0 Å². The lowest BCUT2D eigenvalue weighted by Crippen LogP contribution is -2.29. The Morgan fingerprint density at radius 2 is 2.22 bits per heavy atom. The molecule has 3 rings (SSSR count). The second-order valence-electron chi connectivity index (χ2n) is 6.33. The van der Waals surface area contributed by atoms with Gasteiger partial charge in [-0.15, -0.1) is 0 Å². The molecule has 0 N–H and O–H groups in total. The van der Waals surface area contributed by atoms with Gasteiger partial charge in [0.05, 0.1) is 11.5 Å². The lowest BCUT2D eigenvalue weighted by Gasteiger charge is -2.20. The number of fused-ring (bicyclic) bond motifs is 3. The van der Waals surface area contributed by atoms with Crippen LogP contribution in [0.2, 0.25) is 0 Å².